The Bertz CT molecular complexity index is 1830. The summed E-state index contributed by atoms with van der Waals surface area (Å²) in [6.45, 7) is 9.40. The van der Waals surface area contributed by atoms with Gasteiger partial charge in [-0.2, -0.15) is 0 Å². The minimum absolute atomic E-state index is 0.0850. The molecule has 0 aromatic heterocycles. The Kier molecular flexibility index (Phi) is 60.0. The molecular formula is C70H132O17P2. The fourth-order valence-corrected chi connectivity index (χ4v) is 11.6. The first-order chi connectivity index (χ1) is 42.9. The summed E-state index contributed by atoms with van der Waals surface area (Å²) in [6, 6.07) is 0. The zero-order chi connectivity index (χ0) is 65.7. The third-order valence-electron chi connectivity index (χ3n) is 15.6. The van der Waals surface area contributed by atoms with Gasteiger partial charge in [0.1, 0.15) is 19.3 Å². The number of allylic oxidation sites excluding steroid dienone is 4. The third kappa shape index (κ3) is 64.1. The smallest absolute Gasteiger partial charge is 0.462 e. The van der Waals surface area contributed by atoms with E-state index in [-0.39, 0.29) is 25.7 Å². The number of phosphoric acid groups is 2. The average molecular weight is 1310 g/mol. The number of aliphatic hydroxyl groups is 1. The van der Waals surface area contributed by atoms with Crippen molar-refractivity contribution >= 4 is 39.5 Å². The molecule has 0 saturated carbocycles. The van der Waals surface area contributed by atoms with Crippen molar-refractivity contribution < 1.29 is 80.2 Å². The summed E-state index contributed by atoms with van der Waals surface area (Å²) in [5.41, 5.74) is 0. The van der Waals surface area contributed by atoms with E-state index in [1.807, 2.05) is 0 Å². The molecule has 0 bridgehead atoms. The summed E-state index contributed by atoms with van der Waals surface area (Å²) in [4.78, 5) is 72.5. The molecule has 17 nitrogen and oxygen atoms in total. The van der Waals surface area contributed by atoms with Gasteiger partial charge in [-0.05, 0) is 63.2 Å². The molecule has 524 valence electrons. The number of aliphatic hydroxyl groups excluding tert-OH is 1. The van der Waals surface area contributed by atoms with Crippen LogP contribution in [0.3, 0.4) is 0 Å². The van der Waals surface area contributed by atoms with Gasteiger partial charge in [-0.25, -0.2) is 9.13 Å². The van der Waals surface area contributed by atoms with Crippen molar-refractivity contribution in [1.29, 1.82) is 0 Å². The van der Waals surface area contributed by atoms with E-state index in [2.05, 4.69) is 65.8 Å². The summed E-state index contributed by atoms with van der Waals surface area (Å²) in [5, 5.41) is 10.6. The lowest BCUT2D eigenvalue weighted by Crippen LogP contribution is -2.30. The van der Waals surface area contributed by atoms with Gasteiger partial charge in [0.25, 0.3) is 0 Å². The first-order valence-corrected chi connectivity index (χ1v) is 38.8. The summed E-state index contributed by atoms with van der Waals surface area (Å²) < 4.78 is 68.2. The lowest BCUT2D eigenvalue weighted by molar-refractivity contribution is -0.161. The second-order valence-corrected chi connectivity index (χ2v) is 28.4. The van der Waals surface area contributed by atoms with Gasteiger partial charge in [0.05, 0.1) is 26.4 Å². The molecule has 0 spiro atoms. The van der Waals surface area contributed by atoms with Gasteiger partial charge >= 0.3 is 39.5 Å². The van der Waals surface area contributed by atoms with E-state index >= 15 is 0 Å². The highest BCUT2D eigenvalue weighted by Crippen LogP contribution is 2.45. The molecule has 0 aliphatic carbocycles. The van der Waals surface area contributed by atoms with Crippen LogP contribution < -0.4 is 0 Å². The van der Waals surface area contributed by atoms with E-state index in [0.29, 0.717) is 31.6 Å². The molecule has 0 heterocycles. The van der Waals surface area contributed by atoms with Gasteiger partial charge < -0.3 is 33.8 Å². The van der Waals surface area contributed by atoms with Crippen molar-refractivity contribution in [1.82, 2.24) is 0 Å². The summed E-state index contributed by atoms with van der Waals surface area (Å²) in [6.07, 6.45) is 49.4. The second-order valence-electron chi connectivity index (χ2n) is 25.5. The minimum Gasteiger partial charge on any atom is -0.462 e. The van der Waals surface area contributed by atoms with Crippen LogP contribution in [0, 0.1) is 11.8 Å². The van der Waals surface area contributed by atoms with E-state index in [1.165, 1.54) is 135 Å². The van der Waals surface area contributed by atoms with E-state index < -0.39 is 97.5 Å². The van der Waals surface area contributed by atoms with Gasteiger partial charge in [-0.15, -0.1) is 0 Å². The molecule has 0 aliphatic heterocycles. The van der Waals surface area contributed by atoms with Crippen molar-refractivity contribution in [3.8, 4) is 0 Å². The van der Waals surface area contributed by atoms with Crippen LogP contribution in [-0.4, -0.2) is 96.7 Å². The summed E-state index contributed by atoms with van der Waals surface area (Å²) in [5.74, 6) is -0.715. The minimum atomic E-state index is -4.96. The average Bonchev–Trinajstić information content (AvgIpc) is 3.71. The maximum absolute atomic E-state index is 13.0. The maximum Gasteiger partial charge on any atom is 0.472 e. The zero-order valence-electron chi connectivity index (χ0n) is 57.2. The first-order valence-electron chi connectivity index (χ1n) is 35.8. The topological polar surface area (TPSA) is 237 Å². The molecule has 0 radical (unpaired) electrons. The van der Waals surface area contributed by atoms with Crippen LogP contribution >= 0.6 is 15.6 Å². The largest absolute Gasteiger partial charge is 0.472 e. The molecule has 0 rings (SSSR count). The molecule has 0 aliphatic rings. The normalized spacial score (nSPS) is 14.3. The van der Waals surface area contributed by atoms with Crippen LogP contribution in [0.1, 0.15) is 330 Å². The quantitative estimate of drug-likeness (QED) is 0.0169. The maximum atomic E-state index is 13.0. The van der Waals surface area contributed by atoms with Gasteiger partial charge in [0, 0.05) is 25.7 Å². The molecule has 0 aromatic rings. The predicted molar refractivity (Wildman–Crippen MR) is 358 cm³/mol. The Labute approximate surface area is 542 Å². The van der Waals surface area contributed by atoms with Crippen LogP contribution in [0.25, 0.3) is 0 Å². The molecule has 3 N–H and O–H groups in total. The first kappa shape index (κ1) is 86.5. The standard InChI is InChI=1S/C70H132O17P2/c1-7-9-11-13-15-17-19-21-22-23-25-27-36-42-48-54-69(74)86-65(58-80-67(72)52-46-40-34-26-24-20-18-16-14-12-10-8-2)60-84-88(76,77)82-56-64(71)57-83-89(78,79)85-61-66(87-70(75)55-49-43-37-31-29-33-39-45-51-63(5)6)59-81-68(73)53-47-41-35-30-28-32-38-44-50-62(3)4/h17,19,21-22,62-66,71H,7-16,18,20,23-61H2,1-6H3,(H,76,77)(H,78,79)/b19-17-,22-21-/t64-,65-,66-/m1/s1. The Morgan fingerprint density at radius 1 is 0.348 bits per heavy atom. The van der Waals surface area contributed by atoms with Gasteiger partial charge in [0.15, 0.2) is 12.2 Å². The second kappa shape index (κ2) is 61.7. The van der Waals surface area contributed by atoms with Gasteiger partial charge in [-0.1, -0.05) is 278 Å². The van der Waals surface area contributed by atoms with Crippen molar-refractivity contribution in [2.24, 2.45) is 11.8 Å². The van der Waals surface area contributed by atoms with E-state index in [4.69, 9.17) is 37.0 Å². The molecule has 2 unspecified atom stereocenters. The van der Waals surface area contributed by atoms with Crippen molar-refractivity contribution in [3.05, 3.63) is 24.3 Å². The van der Waals surface area contributed by atoms with Gasteiger partial charge in [-0.3, -0.25) is 37.3 Å². The molecule has 89 heavy (non-hydrogen) atoms. The van der Waals surface area contributed by atoms with Crippen LogP contribution in [0.5, 0.6) is 0 Å². The molecule has 0 aromatic carbocycles. The van der Waals surface area contributed by atoms with Crippen LogP contribution in [0.2, 0.25) is 0 Å². The number of rotatable bonds is 67. The molecular weight excluding hydrogens is 1170 g/mol. The summed E-state index contributed by atoms with van der Waals surface area (Å²) >= 11 is 0. The lowest BCUT2D eigenvalue weighted by Gasteiger charge is -2.21. The molecule has 5 atom stereocenters. The number of phosphoric ester groups is 2. The highest BCUT2D eigenvalue weighted by Gasteiger charge is 2.30. The fourth-order valence-electron chi connectivity index (χ4n) is 10.1. The van der Waals surface area contributed by atoms with Crippen molar-refractivity contribution in [3.63, 3.8) is 0 Å². The van der Waals surface area contributed by atoms with Crippen LogP contribution in [0.4, 0.5) is 0 Å². The number of esters is 4. The number of unbranched alkanes of at least 4 members (excludes halogenated alkanes) is 34. The molecule has 0 saturated heterocycles. The van der Waals surface area contributed by atoms with E-state index in [9.17, 15) is 43.2 Å². The molecule has 19 heteroatoms. The Morgan fingerprint density at radius 2 is 0.607 bits per heavy atom. The highest BCUT2D eigenvalue weighted by molar-refractivity contribution is 7.47. The summed E-state index contributed by atoms with van der Waals surface area (Å²) in [7, 11) is -9.91. The SMILES string of the molecule is CCCCCC/C=C\C=C/CCCCCCCC(=O)O[C@H](COC(=O)CCCCCCCCCCCCCC)COP(=O)(O)OC[C@@H](O)COP(=O)(O)OC[C@@H](COC(=O)CCCCCCCCCCC(C)C)OC(=O)CCCCCCCCCCC(C)C. The van der Waals surface area contributed by atoms with Crippen molar-refractivity contribution in [2.75, 3.05) is 39.6 Å². The van der Waals surface area contributed by atoms with E-state index in [0.717, 1.165) is 109 Å². The lowest BCUT2D eigenvalue weighted by atomic mass is 10.0. The Hall–Kier alpha value is -2.46. The van der Waals surface area contributed by atoms with Crippen molar-refractivity contribution in [2.45, 2.75) is 349 Å². The fraction of sp³-hybridized carbons (Fsp3) is 0.886. The number of carbonyl (C=O) groups excluding carboxylic acids is 4. The monoisotopic (exact) mass is 1310 g/mol. The Morgan fingerprint density at radius 3 is 0.921 bits per heavy atom. The number of hydrogen-bond acceptors (Lipinski definition) is 15. The third-order valence-corrected chi connectivity index (χ3v) is 17.5. The number of hydrogen-bond donors (Lipinski definition) is 3. The number of ether oxygens (including phenoxy) is 4. The van der Waals surface area contributed by atoms with Crippen LogP contribution in [0.15, 0.2) is 24.3 Å². The highest BCUT2D eigenvalue weighted by atomic mass is 31.2. The predicted octanol–water partition coefficient (Wildman–Crippen LogP) is 19.5. The van der Waals surface area contributed by atoms with Crippen LogP contribution in [-0.2, 0) is 65.4 Å². The number of carbonyl (C=O) groups is 4. The van der Waals surface area contributed by atoms with E-state index in [1.54, 1.807) is 0 Å². The molecule has 0 fully saturated rings. The zero-order valence-corrected chi connectivity index (χ0v) is 59.0. The Balaban J connectivity index is 5.29. The van der Waals surface area contributed by atoms with Gasteiger partial charge in [0.2, 0.25) is 0 Å². The molecule has 0 amide bonds.